The number of carbonyl (C=O) groups excluding carboxylic acids is 7. The number of hydrogen-bond acceptors (Lipinski definition) is 21. The van der Waals surface area contributed by atoms with E-state index in [1.807, 2.05) is 0 Å². The van der Waals surface area contributed by atoms with E-state index < -0.39 is 158 Å². The smallest absolute Gasteiger partial charge is 0.463 e. The van der Waals surface area contributed by atoms with Crippen LogP contribution in [-0.2, 0) is 113 Å². The van der Waals surface area contributed by atoms with Crippen molar-refractivity contribution in [2.24, 2.45) is 5.92 Å². The number of phosphoric acid groups is 1. The van der Waals surface area contributed by atoms with Gasteiger partial charge in [-0.25, -0.2) is 17.8 Å². The number of sulfone groups is 1. The third kappa shape index (κ3) is 18.7. The van der Waals surface area contributed by atoms with E-state index in [9.17, 15) is 46.5 Å². The number of ether oxygens (including phenoxy) is 8. The van der Waals surface area contributed by atoms with E-state index in [-0.39, 0.29) is 18.1 Å². The van der Waals surface area contributed by atoms with E-state index >= 15 is 0 Å². The van der Waals surface area contributed by atoms with E-state index in [0.29, 0.717) is 11.1 Å². The standard InChI is InChI=1S/C50H63N2O21PS/c1-30(49(59)63-23-24-75(61,62)39-21-15-10-16-22-39)51-48(58)32(3)68-40-25-43(73-74(60,66-26-37-17-11-8-12-18-37)67-27-38-19-13-9-14-20-38)70-42(29-65-35(6)56)46(40)72-50-45(52-33(4)54)47(69-36(7)57)44(31(2)53)41(71-50)28-64-34(5)55/h8-22,30,32,40-47,50H,23-29H2,1-7H3,(H,51,58)(H,52,54)/t30-,32+,40+,41-,42?,43+,44+,45?,46-,47?,50-/m0/s1. The molecule has 23 nitrogen and oxygen atoms in total. The number of benzene rings is 3. The summed E-state index contributed by atoms with van der Waals surface area (Å²) >= 11 is 0. The minimum atomic E-state index is -4.66. The van der Waals surface area contributed by atoms with Crippen LogP contribution in [0.25, 0.3) is 0 Å². The molecule has 5 rings (SSSR count). The molecule has 2 saturated heterocycles. The van der Waals surface area contributed by atoms with Crippen molar-refractivity contribution in [2.75, 3.05) is 25.6 Å². The second-order valence-corrected chi connectivity index (χ2v) is 21.2. The Morgan fingerprint density at radius 3 is 1.77 bits per heavy atom. The molecule has 2 heterocycles. The summed E-state index contributed by atoms with van der Waals surface area (Å²) in [5.41, 5.74) is 1.19. The predicted molar refractivity (Wildman–Crippen MR) is 260 cm³/mol. The molecule has 3 unspecified atom stereocenters. The summed E-state index contributed by atoms with van der Waals surface area (Å²) in [5.74, 6) is -7.43. The summed E-state index contributed by atoms with van der Waals surface area (Å²) in [6.45, 7) is 5.96. The summed E-state index contributed by atoms with van der Waals surface area (Å²) in [6, 6.07) is 22.1. The van der Waals surface area contributed by atoms with Crippen LogP contribution in [-0.4, -0.2) is 137 Å². The van der Waals surface area contributed by atoms with Crippen LogP contribution in [0.5, 0.6) is 0 Å². The average molecular weight is 1090 g/mol. The van der Waals surface area contributed by atoms with Crippen molar-refractivity contribution in [2.45, 2.75) is 134 Å². The molecule has 2 fully saturated rings. The average Bonchev–Trinajstić information content (AvgIpc) is 3.36. The zero-order valence-electron chi connectivity index (χ0n) is 42.4. The van der Waals surface area contributed by atoms with Crippen molar-refractivity contribution in [3.63, 3.8) is 0 Å². The summed E-state index contributed by atoms with van der Waals surface area (Å²) in [6.07, 6.45) is -12.7. The van der Waals surface area contributed by atoms with Gasteiger partial charge in [0.1, 0.15) is 68.2 Å². The number of amides is 2. The van der Waals surface area contributed by atoms with Crippen LogP contribution in [0, 0.1) is 5.92 Å². The number of hydrogen-bond donors (Lipinski definition) is 2. The van der Waals surface area contributed by atoms with E-state index in [2.05, 4.69) is 10.6 Å². The van der Waals surface area contributed by atoms with Gasteiger partial charge in [-0.2, -0.15) is 0 Å². The van der Waals surface area contributed by atoms with Crippen LogP contribution in [0.15, 0.2) is 95.9 Å². The highest BCUT2D eigenvalue weighted by atomic mass is 32.2. The molecule has 410 valence electrons. The molecule has 3 aromatic carbocycles. The van der Waals surface area contributed by atoms with Gasteiger partial charge in [0.2, 0.25) is 11.8 Å². The molecular formula is C50H63N2O21PS. The summed E-state index contributed by atoms with van der Waals surface area (Å²) in [5, 5.41) is 5.08. The number of Topliss-reactive ketones (excluding diaryl/α,β-unsaturated/α-hetero) is 1. The van der Waals surface area contributed by atoms with E-state index in [1.54, 1.807) is 78.9 Å². The minimum absolute atomic E-state index is 0.0284. The van der Waals surface area contributed by atoms with E-state index in [1.165, 1.54) is 32.9 Å². The maximum absolute atomic E-state index is 14.7. The highest BCUT2D eigenvalue weighted by Crippen LogP contribution is 2.53. The van der Waals surface area contributed by atoms with Crippen LogP contribution < -0.4 is 10.6 Å². The quantitative estimate of drug-likeness (QED) is 0.0656. The molecule has 2 N–H and O–H groups in total. The van der Waals surface area contributed by atoms with E-state index in [0.717, 1.165) is 27.7 Å². The molecule has 2 amide bonds. The maximum atomic E-state index is 14.7. The van der Waals surface area contributed by atoms with Crippen molar-refractivity contribution in [3.05, 3.63) is 102 Å². The Morgan fingerprint density at radius 2 is 1.25 bits per heavy atom. The third-order valence-corrected chi connectivity index (χ3v) is 14.5. The van der Waals surface area contributed by atoms with Gasteiger partial charge in [0.15, 0.2) is 22.4 Å². The first-order chi connectivity index (χ1) is 35.5. The van der Waals surface area contributed by atoms with Crippen molar-refractivity contribution in [3.8, 4) is 0 Å². The van der Waals surface area contributed by atoms with Gasteiger partial charge in [-0.1, -0.05) is 78.9 Å². The molecule has 25 heteroatoms. The molecule has 0 spiro atoms. The molecule has 2 aliphatic heterocycles. The molecule has 75 heavy (non-hydrogen) atoms. The summed E-state index contributed by atoms with van der Waals surface area (Å²) < 4.78 is 105. The maximum Gasteiger partial charge on any atom is 0.477 e. The van der Waals surface area contributed by atoms with Gasteiger partial charge in [-0.3, -0.25) is 42.3 Å². The molecule has 0 saturated carbocycles. The fourth-order valence-electron chi connectivity index (χ4n) is 7.90. The second-order valence-electron chi connectivity index (χ2n) is 17.4. The summed E-state index contributed by atoms with van der Waals surface area (Å²) in [4.78, 5) is 90.2. The fraction of sp³-hybridized carbons (Fsp3) is 0.500. The first kappa shape index (κ1) is 59.9. The first-order valence-corrected chi connectivity index (χ1v) is 26.9. The molecule has 0 aromatic heterocycles. The number of carbonyl (C=O) groups is 7. The lowest BCUT2D eigenvalue weighted by Gasteiger charge is -2.48. The zero-order valence-corrected chi connectivity index (χ0v) is 44.1. The van der Waals surface area contributed by atoms with Gasteiger partial charge in [0.05, 0.1) is 35.9 Å². The Kier molecular flexibility index (Phi) is 22.6. The van der Waals surface area contributed by atoms with Gasteiger partial charge >= 0.3 is 31.7 Å². The van der Waals surface area contributed by atoms with Gasteiger partial charge in [0, 0.05) is 34.1 Å². The number of nitrogens with one attached hydrogen (secondary N) is 2. The third-order valence-electron chi connectivity index (χ3n) is 11.4. The van der Waals surface area contributed by atoms with Gasteiger partial charge in [0.25, 0.3) is 0 Å². The van der Waals surface area contributed by atoms with Crippen molar-refractivity contribution < 1.29 is 98.0 Å². The predicted octanol–water partition coefficient (Wildman–Crippen LogP) is 3.83. The highest BCUT2D eigenvalue weighted by molar-refractivity contribution is 7.91. The van der Waals surface area contributed by atoms with Gasteiger partial charge < -0.3 is 48.5 Å². The van der Waals surface area contributed by atoms with Crippen molar-refractivity contribution >= 4 is 59.1 Å². The van der Waals surface area contributed by atoms with Crippen LogP contribution in [0.2, 0.25) is 0 Å². The Hall–Kier alpha value is -5.95. The Bertz CT molecular complexity index is 2530. The lowest BCUT2D eigenvalue weighted by molar-refractivity contribution is -0.321. The normalized spacial score (nSPS) is 23.6. The highest BCUT2D eigenvalue weighted by Gasteiger charge is 2.54. The first-order valence-electron chi connectivity index (χ1n) is 23.8. The minimum Gasteiger partial charge on any atom is -0.463 e. The lowest BCUT2D eigenvalue weighted by Crippen LogP contribution is -2.67. The van der Waals surface area contributed by atoms with Crippen molar-refractivity contribution in [1.29, 1.82) is 0 Å². The summed E-state index contributed by atoms with van der Waals surface area (Å²) in [7, 11) is -8.48. The van der Waals surface area contributed by atoms with Gasteiger partial charge in [-0.05, 0) is 44.0 Å². The zero-order chi connectivity index (χ0) is 54.9. The Labute approximate surface area is 434 Å². The molecule has 2 aliphatic rings. The Balaban J connectivity index is 1.49. The van der Waals surface area contributed by atoms with Crippen LogP contribution in [0.3, 0.4) is 0 Å². The van der Waals surface area contributed by atoms with E-state index in [4.69, 9.17) is 51.5 Å². The molecule has 11 atom stereocenters. The second kappa shape index (κ2) is 28.3. The lowest BCUT2D eigenvalue weighted by atomic mass is 9.84. The Morgan fingerprint density at radius 1 is 0.707 bits per heavy atom. The fourth-order valence-corrected chi connectivity index (χ4v) is 10.2. The topological polar surface area (TPSA) is 296 Å². The number of ketones is 1. The van der Waals surface area contributed by atoms with Gasteiger partial charge in [-0.15, -0.1) is 0 Å². The number of phosphoric ester groups is 1. The van der Waals surface area contributed by atoms with Crippen LogP contribution >= 0.6 is 7.82 Å². The molecule has 3 aromatic rings. The molecule has 0 bridgehead atoms. The van der Waals surface area contributed by atoms with Crippen LogP contribution in [0.1, 0.15) is 66.0 Å². The van der Waals surface area contributed by atoms with Crippen LogP contribution in [0.4, 0.5) is 0 Å². The monoisotopic (exact) mass is 1090 g/mol. The molecular weight excluding hydrogens is 1030 g/mol. The number of rotatable bonds is 26. The molecule has 0 aliphatic carbocycles. The number of esters is 4. The SMILES string of the molecule is CC(=O)NC1C(OC(C)=O)[C@H](C(C)=O)[C@H](COC(C)=O)O[C@H]1O[C@@H]1C(COC(C)=O)O[C@H](OP(=O)(OCc2ccccc2)OCc2ccccc2)C[C@H]1O[C@H](C)C(=O)N[C@@H](C)C(=O)OCCS(=O)(=O)c1ccccc1. The largest absolute Gasteiger partial charge is 0.477 e. The van der Waals surface area contributed by atoms with Crippen molar-refractivity contribution in [1.82, 2.24) is 10.6 Å². The molecule has 0 radical (unpaired) electrons.